The van der Waals surface area contributed by atoms with Crippen molar-refractivity contribution in [2.24, 2.45) is 0 Å². The van der Waals surface area contributed by atoms with Gasteiger partial charge in [-0.3, -0.25) is 9.78 Å². The number of hydrogen-bond acceptors (Lipinski definition) is 3. The van der Waals surface area contributed by atoms with E-state index >= 15 is 0 Å². The van der Waals surface area contributed by atoms with Crippen LogP contribution in [0.1, 0.15) is 17.4 Å². The van der Waals surface area contributed by atoms with Gasteiger partial charge < -0.3 is 4.74 Å². The predicted molar refractivity (Wildman–Crippen MR) is 74.0 cm³/mol. The molecule has 0 unspecified atom stereocenters. The van der Waals surface area contributed by atoms with Crippen molar-refractivity contribution < 1.29 is 22.7 Å². The van der Waals surface area contributed by atoms with E-state index in [9.17, 15) is 18.0 Å². The van der Waals surface area contributed by atoms with E-state index in [0.29, 0.717) is 15.6 Å². The van der Waals surface area contributed by atoms with E-state index in [1.165, 1.54) is 19.2 Å². The minimum Gasteiger partial charge on any atom is -0.432 e. The average molecular weight is 360 g/mol. The molecular formula is C14H9BrF3NO2. The number of ether oxygens (including phenoxy) is 1. The molecule has 2 aromatic rings. The van der Waals surface area contributed by atoms with Crippen molar-refractivity contribution in [3.63, 3.8) is 0 Å². The molecule has 3 nitrogen and oxygen atoms in total. The third-order valence-electron chi connectivity index (χ3n) is 2.66. The van der Waals surface area contributed by atoms with Crippen LogP contribution in [0.2, 0.25) is 0 Å². The van der Waals surface area contributed by atoms with Gasteiger partial charge in [-0.2, -0.15) is 8.78 Å². The highest BCUT2D eigenvalue weighted by atomic mass is 79.9. The lowest BCUT2D eigenvalue weighted by Gasteiger charge is -2.09. The minimum atomic E-state index is -3.11. The van der Waals surface area contributed by atoms with Crippen molar-refractivity contribution in [1.29, 1.82) is 0 Å². The summed E-state index contributed by atoms with van der Waals surface area (Å²) in [6, 6.07) is 5.19. The molecule has 1 aromatic carbocycles. The summed E-state index contributed by atoms with van der Waals surface area (Å²) < 4.78 is 42.3. The van der Waals surface area contributed by atoms with E-state index in [1.807, 2.05) is 0 Å². The zero-order chi connectivity index (χ0) is 15.6. The minimum absolute atomic E-state index is 0.214. The van der Waals surface area contributed by atoms with Crippen molar-refractivity contribution >= 4 is 21.7 Å². The smallest absolute Gasteiger partial charge is 0.387 e. The maximum atomic E-state index is 13.4. The van der Waals surface area contributed by atoms with Crippen LogP contribution in [0.15, 0.2) is 34.9 Å². The molecule has 1 heterocycles. The summed E-state index contributed by atoms with van der Waals surface area (Å²) in [5.74, 6) is -1.64. The standard InChI is InChI=1S/C14H9BrF3NO2/c1-7(20)13-10(15)4-9(6-19-13)8-2-3-11(16)12(5-8)21-14(17)18/h2-6,14H,1H3. The summed E-state index contributed by atoms with van der Waals surface area (Å²) in [6.45, 7) is -1.74. The van der Waals surface area contributed by atoms with Crippen LogP contribution in [0.3, 0.4) is 0 Å². The summed E-state index contributed by atoms with van der Waals surface area (Å²) in [7, 11) is 0. The van der Waals surface area contributed by atoms with E-state index in [0.717, 1.165) is 12.1 Å². The molecule has 2 rings (SSSR count). The predicted octanol–water partition coefficient (Wildman–Crippen LogP) is 4.45. The number of alkyl halides is 2. The van der Waals surface area contributed by atoms with Crippen molar-refractivity contribution in [2.45, 2.75) is 13.5 Å². The lowest BCUT2D eigenvalue weighted by molar-refractivity contribution is -0.0521. The topological polar surface area (TPSA) is 39.2 Å². The van der Waals surface area contributed by atoms with Crippen LogP contribution in [0.4, 0.5) is 13.2 Å². The zero-order valence-electron chi connectivity index (χ0n) is 10.7. The molecule has 21 heavy (non-hydrogen) atoms. The van der Waals surface area contributed by atoms with Crippen molar-refractivity contribution in [3.8, 4) is 16.9 Å². The first-order chi connectivity index (χ1) is 9.88. The monoisotopic (exact) mass is 359 g/mol. The molecule has 0 radical (unpaired) electrons. The van der Waals surface area contributed by atoms with Crippen LogP contribution in [0.5, 0.6) is 5.75 Å². The van der Waals surface area contributed by atoms with Gasteiger partial charge in [-0.05, 0) is 39.7 Å². The SMILES string of the molecule is CC(=O)c1ncc(-c2ccc(F)c(OC(F)F)c2)cc1Br. The molecule has 0 saturated carbocycles. The number of pyridine rings is 1. The van der Waals surface area contributed by atoms with Crippen molar-refractivity contribution in [2.75, 3.05) is 0 Å². The van der Waals surface area contributed by atoms with Crippen LogP contribution in [0.25, 0.3) is 11.1 Å². The molecule has 0 bridgehead atoms. The Morgan fingerprint density at radius 1 is 1.29 bits per heavy atom. The molecule has 0 aliphatic heterocycles. The van der Waals surface area contributed by atoms with Crippen molar-refractivity contribution in [3.05, 3.63) is 46.4 Å². The maximum absolute atomic E-state index is 13.4. The van der Waals surface area contributed by atoms with Gasteiger partial charge in [0, 0.05) is 23.2 Å². The molecule has 0 aliphatic rings. The van der Waals surface area contributed by atoms with E-state index in [4.69, 9.17) is 0 Å². The first-order valence-corrected chi connectivity index (χ1v) is 6.59. The molecule has 0 saturated heterocycles. The largest absolute Gasteiger partial charge is 0.432 e. The highest BCUT2D eigenvalue weighted by molar-refractivity contribution is 9.10. The average Bonchev–Trinajstić information content (AvgIpc) is 2.40. The first kappa shape index (κ1) is 15.5. The summed E-state index contributed by atoms with van der Waals surface area (Å²) >= 11 is 3.21. The van der Waals surface area contributed by atoms with Crippen LogP contribution in [0, 0.1) is 5.82 Å². The van der Waals surface area contributed by atoms with Gasteiger partial charge in [0.25, 0.3) is 0 Å². The van der Waals surface area contributed by atoms with Crippen LogP contribution >= 0.6 is 15.9 Å². The van der Waals surface area contributed by atoms with Crippen LogP contribution in [-0.4, -0.2) is 17.4 Å². The van der Waals surface area contributed by atoms with Gasteiger partial charge in [-0.1, -0.05) is 6.07 Å². The molecule has 0 amide bonds. The Labute approximate surface area is 126 Å². The fourth-order valence-corrected chi connectivity index (χ4v) is 2.35. The van der Waals surface area contributed by atoms with Gasteiger partial charge in [-0.15, -0.1) is 0 Å². The highest BCUT2D eigenvalue weighted by Gasteiger charge is 2.13. The maximum Gasteiger partial charge on any atom is 0.387 e. The molecule has 7 heteroatoms. The van der Waals surface area contributed by atoms with Gasteiger partial charge in [0.1, 0.15) is 5.69 Å². The lowest BCUT2D eigenvalue weighted by atomic mass is 10.1. The van der Waals surface area contributed by atoms with E-state index in [-0.39, 0.29) is 11.5 Å². The molecule has 0 spiro atoms. The molecule has 0 fully saturated rings. The number of carbonyl (C=O) groups is 1. The normalized spacial score (nSPS) is 10.8. The molecule has 110 valence electrons. The summed E-state index contributed by atoms with van der Waals surface area (Å²) in [5.41, 5.74) is 1.23. The number of ketones is 1. The Morgan fingerprint density at radius 3 is 2.57 bits per heavy atom. The van der Waals surface area contributed by atoms with E-state index < -0.39 is 18.2 Å². The number of hydrogen-bond donors (Lipinski definition) is 0. The Balaban J connectivity index is 2.42. The van der Waals surface area contributed by atoms with Gasteiger partial charge in [0.2, 0.25) is 0 Å². The van der Waals surface area contributed by atoms with Gasteiger partial charge in [0.15, 0.2) is 17.3 Å². The number of nitrogens with zero attached hydrogens (tertiary/aromatic N) is 1. The molecular weight excluding hydrogens is 351 g/mol. The summed E-state index contributed by atoms with van der Waals surface area (Å²) in [4.78, 5) is 15.3. The highest BCUT2D eigenvalue weighted by Crippen LogP contribution is 2.29. The van der Waals surface area contributed by atoms with Gasteiger partial charge >= 0.3 is 6.61 Å². The Morgan fingerprint density at radius 2 is 2.00 bits per heavy atom. The first-order valence-electron chi connectivity index (χ1n) is 5.79. The third-order valence-corrected chi connectivity index (χ3v) is 3.26. The molecule has 0 atom stereocenters. The Hall–Kier alpha value is -1.89. The fraction of sp³-hybridized carbons (Fsp3) is 0.143. The van der Waals surface area contributed by atoms with Gasteiger partial charge in [-0.25, -0.2) is 4.39 Å². The number of aromatic nitrogens is 1. The molecule has 0 N–H and O–H groups in total. The Bertz CT molecular complexity index is 692. The lowest BCUT2D eigenvalue weighted by Crippen LogP contribution is -2.04. The van der Waals surface area contributed by atoms with E-state index in [1.54, 1.807) is 6.07 Å². The number of Topliss-reactive ketones (excluding diaryl/α,β-unsaturated/α-hetero) is 1. The number of benzene rings is 1. The molecule has 1 aromatic heterocycles. The number of rotatable bonds is 4. The van der Waals surface area contributed by atoms with Gasteiger partial charge in [0.05, 0.1) is 0 Å². The quantitative estimate of drug-likeness (QED) is 0.756. The second-order valence-electron chi connectivity index (χ2n) is 4.13. The second-order valence-corrected chi connectivity index (χ2v) is 4.99. The summed E-state index contributed by atoms with van der Waals surface area (Å²) in [6.07, 6.45) is 1.40. The van der Waals surface area contributed by atoms with E-state index in [2.05, 4.69) is 25.7 Å². The second kappa shape index (κ2) is 6.26. The number of halogens is 4. The number of carbonyl (C=O) groups excluding carboxylic acids is 1. The summed E-state index contributed by atoms with van der Waals surface area (Å²) in [5, 5.41) is 0. The zero-order valence-corrected chi connectivity index (χ0v) is 12.3. The van der Waals surface area contributed by atoms with Crippen molar-refractivity contribution in [1.82, 2.24) is 4.98 Å². The van der Waals surface area contributed by atoms with Crippen LogP contribution in [-0.2, 0) is 0 Å². The third kappa shape index (κ3) is 3.60. The fourth-order valence-electron chi connectivity index (χ4n) is 1.72. The van der Waals surface area contributed by atoms with Crippen LogP contribution < -0.4 is 4.74 Å². The Kier molecular flexibility index (Phi) is 4.62. The molecule has 0 aliphatic carbocycles.